The van der Waals surface area contributed by atoms with Crippen LogP contribution in [0.25, 0.3) is 0 Å². The van der Waals surface area contributed by atoms with Gasteiger partial charge in [-0.25, -0.2) is 0 Å². The lowest BCUT2D eigenvalue weighted by atomic mass is 9.81. The van der Waals surface area contributed by atoms with E-state index in [4.69, 9.17) is 23.2 Å². The fraction of sp³-hybridized carbons (Fsp3) is 0.562. The molecule has 1 aliphatic rings. The lowest BCUT2D eigenvalue weighted by Crippen LogP contribution is -2.53. The number of nitrogens with zero attached hydrogens (tertiary/aromatic N) is 1. The van der Waals surface area contributed by atoms with Gasteiger partial charge in [0, 0.05) is 24.7 Å². The molecule has 2 rings (SSSR count). The number of rotatable bonds is 4. The van der Waals surface area contributed by atoms with Crippen molar-refractivity contribution in [3.8, 4) is 0 Å². The molecule has 0 aromatic heterocycles. The van der Waals surface area contributed by atoms with Crippen molar-refractivity contribution in [2.75, 3.05) is 20.6 Å². The van der Waals surface area contributed by atoms with Gasteiger partial charge in [0.15, 0.2) is 0 Å². The van der Waals surface area contributed by atoms with Crippen molar-refractivity contribution >= 4 is 29.1 Å². The molecule has 0 radical (unpaired) electrons. The van der Waals surface area contributed by atoms with Crippen LogP contribution in [-0.2, 0) is 0 Å². The zero-order valence-electron chi connectivity index (χ0n) is 12.6. The summed E-state index contributed by atoms with van der Waals surface area (Å²) in [6, 6.07) is 5.02. The van der Waals surface area contributed by atoms with Crippen molar-refractivity contribution in [3.05, 3.63) is 33.8 Å². The molecule has 5 heteroatoms. The number of hydrogen-bond acceptors (Lipinski definition) is 2. The van der Waals surface area contributed by atoms with Crippen molar-refractivity contribution in [1.29, 1.82) is 0 Å². The summed E-state index contributed by atoms with van der Waals surface area (Å²) < 4.78 is 0. The topological polar surface area (TPSA) is 32.3 Å². The van der Waals surface area contributed by atoms with Gasteiger partial charge in [-0.3, -0.25) is 4.79 Å². The van der Waals surface area contributed by atoms with E-state index >= 15 is 0 Å². The largest absolute Gasteiger partial charge is 0.340 e. The Kier molecular flexibility index (Phi) is 5.53. The molecule has 0 heterocycles. The predicted molar refractivity (Wildman–Crippen MR) is 88.3 cm³/mol. The molecule has 116 valence electrons. The van der Waals surface area contributed by atoms with E-state index in [1.54, 1.807) is 23.1 Å². The highest BCUT2D eigenvalue weighted by Gasteiger charge is 2.32. The van der Waals surface area contributed by atoms with E-state index in [-0.39, 0.29) is 11.4 Å². The van der Waals surface area contributed by atoms with Gasteiger partial charge in [-0.1, -0.05) is 42.5 Å². The first-order chi connectivity index (χ1) is 9.97. The van der Waals surface area contributed by atoms with Gasteiger partial charge in [0.2, 0.25) is 0 Å². The molecular weight excluding hydrogens is 307 g/mol. The minimum atomic E-state index is -0.0197. The molecule has 0 saturated heterocycles. The van der Waals surface area contributed by atoms with Gasteiger partial charge in [-0.05, 0) is 38.1 Å². The zero-order chi connectivity index (χ0) is 15.5. The van der Waals surface area contributed by atoms with Crippen LogP contribution in [0.15, 0.2) is 18.2 Å². The van der Waals surface area contributed by atoms with E-state index < -0.39 is 0 Å². The van der Waals surface area contributed by atoms with Crippen molar-refractivity contribution in [1.82, 2.24) is 10.2 Å². The Morgan fingerprint density at radius 2 is 1.90 bits per heavy atom. The fourth-order valence-corrected chi connectivity index (χ4v) is 3.39. The number of carbonyl (C=O) groups is 1. The van der Waals surface area contributed by atoms with Crippen molar-refractivity contribution < 1.29 is 4.79 Å². The highest BCUT2D eigenvalue weighted by atomic mass is 35.5. The Hall–Kier alpha value is -0.770. The number of halogens is 2. The highest BCUT2D eigenvalue weighted by Crippen LogP contribution is 2.29. The zero-order valence-corrected chi connectivity index (χ0v) is 14.1. The van der Waals surface area contributed by atoms with Gasteiger partial charge >= 0.3 is 0 Å². The quantitative estimate of drug-likeness (QED) is 0.906. The first-order valence-electron chi connectivity index (χ1n) is 7.37. The Balaban J connectivity index is 2.09. The van der Waals surface area contributed by atoms with Crippen LogP contribution < -0.4 is 5.32 Å². The van der Waals surface area contributed by atoms with Crippen LogP contribution in [0.3, 0.4) is 0 Å². The first kappa shape index (κ1) is 16.6. The highest BCUT2D eigenvalue weighted by molar-refractivity contribution is 6.42. The molecule has 1 N–H and O–H groups in total. The van der Waals surface area contributed by atoms with Gasteiger partial charge in [0.05, 0.1) is 10.0 Å². The molecule has 3 nitrogen and oxygen atoms in total. The Morgan fingerprint density at radius 3 is 2.48 bits per heavy atom. The Labute approximate surface area is 136 Å². The number of carbonyl (C=O) groups excluding carboxylic acids is 1. The van der Waals surface area contributed by atoms with E-state index in [1.165, 1.54) is 19.3 Å². The minimum absolute atomic E-state index is 0.0197. The van der Waals surface area contributed by atoms with Crippen LogP contribution in [0.5, 0.6) is 0 Å². The smallest absolute Gasteiger partial charge is 0.253 e. The average molecular weight is 329 g/mol. The molecule has 1 aromatic rings. The minimum Gasteiger partial charge on any atom is -0.340 e. The first-order valence-corrected chi connectivity index (χ1v) is 8.12. The molecule has 0 bridgehead atoms. The third kappa shape index (κ3) is 3.91. The second-order valence-electron chi connectivity index (χ2n) is 5.88. The van der Waals surface area contributed by atoms with Gasteiger partial charge in [0.1, 0.15) is 0 Å². The Bertz CT molecular complexity index is 513. The molecule has 0 unspecified atom stereocenters. The molecule has 0 aliphatic heterocycles. The maximum absolute atomic E-state index is 12.5. The van der Waals surface area contributed by atoms with Gasteiger partial charge in [-0.2, -0.15) is 0 Å². The molecule has 1 aromatic carbocycles. The van der Waals surface area contributed by atoms with Crippen molar-refractivity contribution in [2.24, 2.45) is 0 Å². The molecule has 21 heavy (non-hydrogen) atoms. The summed E-state index contributed by atoms with van der Waals surface area (Å²) in [5.74, 6) is -0.0197. The van der Waals surface area contributed by atoms with Crippen LogP contribution in [0.4, 0.5) is 0 Å². The normalized spacial score (nSPS) is 17.5. The SMILES string of the molecule is CNC1(CN(C)C(=O)c2ccc(Cl)c(Cl)c2)CCCCC1. The molecule has 1 fully saturated rings. The van der Waals surface area contributed by atoms with Crippen LogP contribution in [0.1, 0.15) is 42.5 Å². The van der Waals surface area contributed by atoms with Crippen molar-refractivity contribution in [2.45, 2.75) is 37.6 Å². The van der Waals surface area contributed by atoms with Gasteiger partial charge in [-0.15, -0.1) is 0 Å². The molecule has 1 amide bonds. The second-order valence-corrected chi connectivity index (χ2v) is 6.70. The fourth-order valence-electron chi connectivity index (χ4n) is 3.09. The summed E-state index contributed by atoms with van der Waals surface area (Å²) in [5, 5.41) is 4.32. The average Bonchev–Trinajstić information content (AvgIpc) is 2.50. The van der Waals surface area contributed by atoms with E-state index in [0.717, 1.165) is 12.8 Å². The molecule has 1 saturated carbocycles. The second kappa shape index (κ2) is 6.99. The number of hydrogen-bond donors (Lipinski definition) is 1. The summed E-state index contributed by atoms with van der Waals surface area (Å²) in [5.41, 5.74) is 0.618. The van der Waals surface area contributed by atoms with Gasteiger partial charge < -0.3 is 10.2 Å². The lowest BCUT2D eigenvalue weighted by Gasteiger charge is -2.40. The van der Waals surface area contributed by atoms with Crippen LogP contribution in [0.2, 0.25) is 10.0 Å². The molecular formula is C16H22Cl2N2O. The standard InChI is InChI=1S/C16H22Cl2N2O/c1-19-16(8-4-3-5-9-16)11-20(2)15(21)12-6-7-13(17)14(18)10-12/h6-7,10,19H,3-5,8-9,11H2,1-2H3. The monoisotopic (exact) mass is 328 g/mol. The van der Waals surface area contributed by atoms with Crippen LogP contribution in [0, 0.1) is 0 Å². The summed E-state index contributed by atoms with van der Waals surface area (Å²) in [4.78, 5) is 14.3. The van der Waals surface area contributed by atoms with E-state index in [0.29, 0.717) is 22.2 Å². The van der Waals surface area contributed by atoms with Crippen LogP contribution in [-0.4, -0.2) is 37.0 Å². The molecule has 0 atom stereocenters. The molecule has 0 spiro atoms. The van der Waals surface area contributed by atoms with Gasteiger partial charge in [0.25, 0.3) is 5.91 Å². The number of nitrogens with one attached hydrogen (secondary N) is 1. The maximum atomic E-state index is 12.5. The number of likely N-dealkylation sites (N-methyl/N-ethyl adjacent to an activating group) is 2. The summed E-state index contributed by atoms with van der Waals surface area (Å²) in [6.07, 6.45) is 5.95. The third-order valence-corrected chi connectivity index (χ3v) is 5.13. The third-order valence-electron chi connectivity index (χ3n) is 4.39. The summed E-state index contributed by atoms with van der Waals surface area (Å²) in [6.45, 7) is 0.711. The Morgan fingerprint density at radius 1 is 1.24 bits per heavy atom. The predicted octanol–water partition coefficient (Wildman–Crippen LogP) is 3.99. The van der Waals surface area contributed by atoms with Crippen LogP contribution >= 0.6 is 23.2 Å². The molecule has 1 aliphatic carbocycles. The number of amides is 1. The maximum Gasteiger partial charge on any atom is 0.253 e. The van der Waals surface area contributed by atoms with E-state index in [1.807, 2.05) is 14.1 Å². The number of benzene rings is 1. The van der Waals surface area contributed by atoms with E-state index in [2.05, 4.69) is 5.32 Å². The summed E-state index contributed by atoms with van der Waals surface area (Å²) in [7, 11) is 3.83. The lowest BCUT2D eigenvalue weighted by molar-refractivity contribution is 0.0720. The van der Waals surface area contributed by atoms with Crippen molar-refractivity contribution in [3.63, 3.8) is 0 Å². The summed E-state index contributed by atoms with van der Waals surface area (Å²) >= 11 is 11.9. The van der Waals surface area contributed by atoms with E-state index in [9.17, 15) is 4.79 Å².